The van der Waals surface area contributed by atoms with Gasteiger partial charge < -0.3 is 24.1 Å². The number of hydrogen-bond donors (Lipinski definition) is 1. The summed E-state index contributed by atoms with van der Waals surface area (Å²) in [6.45, 7) is 11.9. The molecular weight excluding hydrogens is 456 g/mol. The van der Waals surface area contributed by atoms with Gasteiger partial charge in [0.2, 0.25) is 0 Å². The second-order valence-corrected chi connectivity index (χ2v) is 13.4. The van der Waals surface area contributed by atoms with Crippen molar-refractivity contribution in [3.05, 3.63) is 11.6 Å². The Kier molecular flexibility index (Phi) is 5.83. The number of aldehydes is 1. The number of carboxylic acid groups (broad SMARTS) is 1. The highest BCUT2D eigenvalue weighted by Gasteiger charge is 2.84. The van der Waals surface area contributed by atoms with Crippen molar-refractivity contribution in [3.8, 4) is 0 Å². The molecule has 0 radical (unpaired) electrons. The van der Waals surface area contributed by atoms with E-state index in [0.29, 0.717) is 36.7 Å². The molecule has 0 aromatic heterocycles. The lowest BCUT2D eigenvalue weighted by Crippen LogP contribution is -2.63. The van der Waals surface area contributed by atoms with E-state index in [2.05, 4.69) is 40.7 Å². The second kappa shape index (κ2) is 8.38. The zero-order chi connectivity index (χ0) is 25.6. The molecule has 2 saturated heterocycles. The van der Waals surface area contributed by atoms with Crippen molar-refractivity contribution in [1.82, 2.24) is 0 Å². The number of carboxylic acids is 1. The van der Waals surface area contributed by atoms with E-state index < -0.39 is 22.2 Å². The first-order valence-electron chi connectivity index (χ1n) is 14.5. The Morgan fingerprint density at radius 3 is 2.69 bits per heavy atom. The van der Waals surface area contributed by atoms with E-state index in [1.54, 1.807) is 0 Å². The zero-order valence-electron chi connectivity index (χ0n) is 22.6. The van der Waals surface area contributed by atoms with E-state index in [-0.39, 0.29) is 36.3 Å². The number of carbonyl (C=O) groups is 2. The average Bonchev–Trinajstić information content (AvgIpc) is 3.55. The summed E-state index contributed by atoms with van der Waals surface area (Å²) in [6, 6.07) is 0. The Balaban J connectivity index is 1.37. The van der Waals surface area contributed by atoms with Crippen molar-refractivity contribution in [2.45, 2.75) is 91.6 Å². The van der Waals surface area contributed by atoms with Gasteiger partial charge in [-0.25, -0.2) is 0 Å². The third-order valence-electron chi connectivity index (χ3n) is 12.0. The van der Waals surface area contributed by atoms with Crippen molar-refractivity contribution in [2.75, 3.05) is 13.2 Å². The number of carbonyl (C=O) groups excluding carboxylic acids is 1. The molecule has 200 valence electrons. The van der Waals surface area contributed by atoms with E-state index in [1.165, 1.54) is 0 Å². The fraction of sp³-hybridized carbons (Fsp3) is 0.867. The summed E-state index contributed by atoms with van der Waals surface area (Å²) in [5.41, 5.74) is -1.66. The maximum absolute atomic E-state index is 13.6. The number of hydrogen-bond acceptors (Lipinski definition) is 5. The molecule has 4 aliphatic carbocycles. The summed E-state index contributed by atoms with van der Waals surface area (Å²) >= 11 is 0. The smallest absolute Gasteiger partial charge is 0.315 e. The quantitative estimate of drug-likeness (QED) is 0.387. The largest absolute Gasteiger partial charge is 0.481 e. The van der Waals surface area contributed by atoms with E-state index in [0.717, 1.165) is 50.6 Å². The lowest BCUT2D eigenvalue weighted by molar-refractivity contribution is -0.251. The molecule has 6 rings (SSSR count). The van der Waals surface area contributed by atoms with Crippen LogP contribution in [0.5, 0.6) is 0 Å². The number of aliphatic carboxylic acids is 1. The first-order chi connectivity index (χ1) is 17.2. The minimum absolute atomic E-state index is 0.0412. The third kappa shape index (κ3) is 2.85. The summed E-state index contributed by atoms with van der Waals surface area (Å²) in [4.78, 5) is 26.8. The van der Waals surface area contributed by atoms with E-state index >= 15 is 0 Å². The van der Waals surface area contributed by atoms with Crippen LogP contribution in [0.2, 0.25) is 0 Å². The Hall–Kier alpha value is -1.24. The van der Waals surface area contributed by atoms with Crippen LogP contribution >= 0.6 is 0 Å². The average molecular weight is 501 g/mol. The van der Waals surface area contributed by atoms with Crippen LogP contribution in [0, 0.1) is 57.7 Å². The molecular formula is C30H44O6. The summed E-state index contributed by atoms with van der Waals surface area (Å²) < 4.78 is 19.1. The van der Waals surface area contributed by atoms with E-state index in [4.69, 9.17) is 14.2 Å². The fourth-order valence-corrected chi connectivity index (χ4v) is 10.6. The summed E-state index contributed by atoms with van der Waals surface area (Å²) in [7, 11) is 0. The number of rotatable bonds is 7. The van der Waals surface area contributed by atoms with Crippen LogP contribution in [0.4, 0.5) is 0 Å². The van der Waals surface area contributed by atoms with Crippen molar-refractivity contribution < 1.29 is 28.9 Å². The monoisotopic (exact) mass is 500 g/mol. The van der Waals surface area contributed by atoms with Gasteiger partial charge in [-0.1, -0.05) is 52.2 Å². The van der Waals surface area contributed by atoms with Gasteiger partial charge in [-0.3, -0.25) is 4.79 Å². The Labute approximate surface area is 215 Å². The van der Waals surface area contributed by atoms with Gasteiger partial charge >= 0.3 is 5.97 Å². The highest BCUT2D eigenvalue weighted by atomic mass is 16.7. The molecule has 0 aromatic carbocycles. The van der Waals surface area contributed by atoms with Gasteiger partial charge in [0.25, 0.3) is 0 Å². The summed E-state index contributed by atoms with van der Waals surface area (Å²) in [5.74, 6) is 1.28. The first-order valence-corrected chi connectivity index (χ1v) is 14.5. The van der Waals surface area contributed by atoms with Crippen LogP contribution in [0.1, 0.15) is 73.1 Å². The molecule has 0 amide bonds. The molecule has 6 heteroatoms. The van der Waals surface area contributed by atoms with Crippen LogP contribution in [-0.2, 0) is 23.8 Å². The molecule has 1 N–H and O–H groups in total. The van der Waals surface area contributed by atoms with Gasteiger partial charge in [0.05, 0.1) is 30.8 Å². The maximum atomic E-state index is 13.6. The molecule has 36 heavy (non-hydrogen) atoms. The van der Waals surface area contributed by atoms with Gasteiger partial charge in [0.1, 0.15) is 11.7 Å². The molecule has 2 unspecified atom stereocenters. The van der Waals surface area contributed by atoms with Gasteiger partial charge in [-0.05, 0) is 67.6 Å². The summed E-state index contributed by atoms with van der Waals surface area (Å²) in [6.07, 6.45) is 8.44. The molecule has 0 spiro atoms. The Morgan fingerprint density at radius 2 is 2.03 bits per heavy atom. The fourth-order valence-electron chi connectivity index (χ4n) is 10.6. The zero-order valence-corrected chi connectivity index (χ0v) is 22.6. The van der Waals surface area contributed by atoms with Gasteiger partial charge in [0.15, 0.2) is 6.29 Å². The lowest BCUT2D eigenvalue weighted by atomic mass is 9.43. The second-order valence-electron chi connectivity index (χ2n) is 13.4. The van der Waals surface area contributed by atoms with E-state index in [9.17, 15) is 14.7 Å². The molecule has 2 heterocycles. The maximum Gasteiger partial charge on any atom is 0.315 e. The predicted molar refractivity (Wildman–Crippen MR) is 134 cm³/mol. The van der Waals surface area contributed by atoms with Crippen LogP contribution < -0.4 is 0 Å². The SMILES string of the molecule is CC[C@@H]1CO[C@H]2[C@@H]1C[C@H](OCC13C[C@@H]4[C@H](C)CC[C@H]4[C@@]4(C=O)C[C@H]1C=C(C(C)C)C34C(=O)O)O[C@@H]2C. The van der Waals surface area contributed by atoms with Crippen LogP contribution in [0.3, 0.4) is 0 Å². The minimum atomic E-state index is -1.18. The summed E-state index contributed by atoms with van der Waals surface area (Å²) in [5, 5.41) is 11.1. The molecule has 2 aliphatic heterocycles. The molecule has 6 aliphatic rings. The molecule has 0 aromatic rings. The van der Waals surface area contributed by atoms with Crippen molar-refractivity contribution in [2.24, 2.45) is 57.7 Å². The van der Waals surface area contributed by atoms with Gasteiger partial charge in [-0.15, -0.1) is 0 Å². The molecule has 4 bridgehead atoms. The molecule has 3 saturated carbocycles. The lowest BCUT2D eigenvalue weighted by Gasteiger charge is -2.58. The first kappa shape index (κ1) is 25.1. The normalized spacial score (nSPS) is 52.8. The number of fused-ring (bicyclic) bond motifs is 3. The van der Waals surface area contributed by atoms with Crippen molar-refractivity contribution in [1.29, 1.82) is 0 Å². The Bertz CT molecular complexity index is 959. The predicted octanol–water partition coefficient (Wildman–Crippen LogP) is 5.10. The molecule has 12 atom stereocenters. The third-order valence-corrected chi connectivity index (χ3v) is 12.0. The molecule has 6 nitrogen and oxygen atoms in total. The van der Waals surface area contributed by atoms with Gasteiger partial charge in [0, 0.05) is 11.8 Å². The highest BCUT2D eigenvalue weighted by molar-refractivity contribution is 5.90. The van der Waals surface area contributed by atoms with E-state index in [1.807, 2.05) is 0 Å². The van der Waals surface area contributed by atoms with Crippen molar-refractivity contribution in [3.63, 3.8) is 0 Å². The van der Waals surface area contributed by atoms with Crippen molar-refractivity contribution >= 4 is 12.3 Å². The number of ether oxygens (including phenoxy) is 3. The number of allylic oxidation sites excluding steroid dienone is 1. The van der Waals surface area contributed by atoms with Crippen LogP contribution in [0.25, 0.3) is 0 Å². The minimum Gasteiger partial charge on any atom is -0.481 e. The topological polar surface area (TPSA) is 82.1 Å². The Morgan fingerprint density at radius 1 is 1.25 bits per heavy atom. The van der Waals surface area contributed by atoms with Crippen LogP contribution in [0.15, 0.2) is 11.6 Å². The standard InChI is InChI=1S/C30H44O6/c1-6-19-13-34-26-18(5)36-25(10-21(19)26)35-15-29-12-22-17(4)7-8-23(22)28(14-31)11-20(29)9-24(16(2)3)30(28,29)27(32)33/h9,14,16-23,25-26H,6-8,10-13,15H2,1-5H3,(H,32,33)/t17-,18-,19-,20-,21-,22-,23-,25-,26-,28+,29?,30?/m1/s1. The highest BCUT2D eigenvalue weighted by Crippen LogP contribution is 2.82. The molecule has 5 fully saturated rings. The van der Waals surface area contributed by atoms with Crippen LogP contribution in [-0.4, -0.2) is 49.1 Å². The van der Waals surface area contributed by atoms with Gasteiger partial charge in [-0.2, -0.15) is 0 Å².